The second-order valence-electron chi connectivity index (χ2n) is 6.02. The van der Waals surface area contributed by atoms with Crippen molar-refractivity contribution >= 4 is 28.6 Å². The highest BCUT2D eigenvalue weighted by Gasteiger charge is 2.15. The number of amides is 1. The second kappa shape index (κ2) is 8.81. The van der Waals surface area contributed by atoms with Crippen molar-refractivity contribution in [2.24, 2.45) is 0 Å². The molecule has 140 valence electrons. The molecule has 3 aromatic rings. The molecular formula is C20H20FN3O2S. The minimum atomic E-state index is -0.444. The molecule has 0 saturated heterocycles. The van der Waals surface area contributed by atoms with E-state index in [1.54, 1.807) is 30.3 Å². The van der Waals surface area contributed by atoms with Crippen LogP contribution >= 0.6 is 11.8 Å². The van der Waals surface area contributed by atoms with E-state index >= 15 is 0 Å². The molecule has 1 heterocycles. The Morgan fingerprint density at radius 2 is 2.04 bits per heavy atom. The van der Waals surface area contributed by atoms with E-state index in [0.29, 0.717) is 28.3 Å². The monoisotopic (exact) mass is 385 g/mol. The van der Waals surface area contributed by atoms with E-state index in [0.717, 1.165) is 24.6 Å². The molecule has 1 N–H and O–H groups in total. The molecule has 7 heteroatoms. The lowest BCUT2D eigenvalue weighted by Gasteiger charge is -2.13. The van der Waals surface area contributed by atoms with Crippen molar-refractivity contribution < 1.29 is 9.18 Å². The van der Waals surface area contributed by atoms with Gasteiger partial charge in [0.25, 0.3) is 5.56 Å². The fourth-order valence-corrected chi connectivity index (χ4v) is 3.48. The number of thioether (sulfide) groups is 1. The molecule has 0 aliphatic carbocycles. The SMILES string of the molecule is CCCCNC(=O)CSc1nc2ccccc2c(=O)n1-c1cccc(F)c1. The Bertz CT molecular complexity index is 1020. The lowest BCUT2D eigenvalue weighted by atomic mass is 10.2. The first kappa shape index (κ1) is 19.1. The molecule has 0 atom stereocenters. The Kier molecular flexibility index (Phi) is 6.24. The largest absolute Gasteiger partial charge is 0.355 e. The van der Waals surface area contributed by atoms with E-state index in [1.165, 1.54) is 22.8 Å². The third-order valence-electron chi connectivity index (χ3n) is 4.00. The summed E-state index contributed by atoms with van der Waals surface area (Å²) in [5.74, 6) is -0.438. The molecule has 1 amide bonds. The van der Waals surface area contributed by atoms with Gasteiger partial charge in [-0.25, -0.2) is 9.37 Å². The van der Waals surface area contributed by atoms with Crippen LogP contribution in [0.15, 0.2) is 58.5 Å². The van der Waals surface area contributed by atoms with Crippen LogP contribution in [0.1, 0.15) is 19.8 Å². The van der Waals surface area contributed by atoms with Gasteiger partial charge < -0.3 is 5.32 Å². The number of hydrogen-bond acceptors (Lipinski definition) is 4. The summed E-state index contributed by atoms with van der Waals surface area (Å²) in [4.78, 5) is 29.6. The van der Waals surface area contributed by atoms with Crippen molar-refractivity contribution in [2.75, 3.05) is 12.3 Å². The molecule has 0 radical (unpaired) electrons. The highest BCUT2D eigenvalue weighted by molar-refractivity contribution is 7.99. The topological polar surface area (TPSA) is 64.0 Å². The van der Waals surface area contributed by atoms with E-state index in [-0.39, 0.29) is 17.2 Å². The number of benzene rings is 2. The lowest BCUT2D eigenvalue weighted by Crippen LogP contribution is -2.27. The summed E-state index contributed by atoms with van der Waals surface area (Å²) in [5.41, 5.74) is 0.635. The zero-order valence-corrected chi connectivity index (χ0v) is 15.8. The van der Waals surface area contributed by atoms with Crippen LogP contribution in [-0.2, 0) is 4.79 Å². The van der Waals surface area contributed by atoms with Crippen LogP contribution in [0, 0.1) is 5.82 Å². The predicted molar refractivity (Wildman–Crippen MR) is 106 cm³/mol. The average molecular weight is 385 g/mol. The number of carbonyl (C=O) groups excluding carboxylic acids is 1. The fraction of sp³-hybridized carbons (Fsp3) is 0.250. The second-order valence-corrected chi connectivity index (χ2v) is 6.97. The number of halogens is 1. The number of unbranched alkanes of at least 4 members (excludes halogenated alkanes) is 1. The van der Waals surface area contributed by atoms with Crippen molar-refractivity contribution in [1.82, 2.24) is 14.9 Å². The maximum absolute atomic E-state index is 13.7. The molecular weight excluding hydrogens is 365 g/mol. The number of fused-ring (bicyclic) bond motifs is 1. The standard InChI is InChI=1S/C20H20FN3O2S/c1-2-3-11-22-18(25)13-27-20-23-17-10-5-4-9-16(17)19(26)24(20)15-8-6-7-14(21)12-15/h4-10,12H,2-3,11,13H2,1H3,(H,22,25). The molecule has 2 aromatic carbocycles. The van der Waals surface area contributed by atoms with Crippen LogP contribution < -0.4 is 10.9 Å². The van der Waals surface area contributed by atoms with Gasteiger partial charge in [-0.1, -0.05) is 43.3 Å². The number of hydrogen-bond donors (Lipinski definition) is 1. The van der Waals surface area contributed by atoms with Crippen molar-refractivity contribution in [2.45, 2.75) is 24.9 Å². The molecule has 0 unspecified atom stereocenters. The minimum absolute atomic E-state index is 0.123. The van der Waals surface area contributed by atoms with Crippen LogP contribution in [0.4, 0.5) is 4.39 Å². The van der Waals surface area contributed by atoms with Crippen LogP contribution in [0.5, 0.6) is 0 Å². The van der Waals surface area contributed by atoms with Gasteiger partial charge in [-0.05, 0) is 36.8 Å². The van der Waals surface area contributed by atoms with E-state index in [4.69, 9.17) is 0 Å². The van der Waals surface area contributed by atoms with E-state index in [2.05, 4.69) is 17.2 Å². The zero-order valence-electron chi connectivity index (χ0n) is 14.9. The number of nitrogens with one attached hydrogen (secondary N) is 1. The minimum Gasteiger partial charge on any atom is -0.355 e. The predicted octanol–water partition coefficient (Wildman–Crippen LogP) is 3.53. The average Bonchev–Trinajstić information content (AvgIpc) is 2.66. The maximum Gasteiger partial charge on any atom is 0.266 e. The van der Waals surface area contributed by atoms with Crippen LogP contribution in [-0.4, -0.2) is 27.8 Å². The van der Waals surface area contributed by atoms with Gasteiger partial charge in [0.2, 0.25) is 5.91 Å². The van der Waals surface area contributed by atoms with Crippen molar-refractivity contribution in [3.8, 4) is 5.69 Å². The molecule has 1 aromatic heterocycles. The van der Waals surface area contributed by atoms with Gasteiger partial charge in [0.15, 0.2) is 5.16 Å². The van der Waals surface area contributed by atoms with Gasteiger partial charge in [0, 0.05) is 6.54 Å². The van der Waals surface area contributed by atoms with Gasteiger partial charge in [0.1, 0.15) is 5.82 Å². The maximum atomic E-state index is 13.7. The quantitative estimate of drug-likeness (QED) is 0.384. The summed E-state index contributed by atoms with van der Waals surface area (Å²) < 4.78 is 15.1. The Morgan fingerprint density at radius 3 is 2.81 bits per heavy atom. The van der Waals surface area contributed by atoms with Gasteiger partial charge in [-0.2, -0.15) is 0 Å². The Morgan fingerprint density at radius 1 is 1.22 bits per heavy atom. The van der Waals surface area contributed by atoms with E-state index in [1.807, 2.05) is 0 Å². The number of nitrogens with zero attached hydrogens (tertiary/aromatic N) is 2. The van der Waals surface area contributed by atoms with Gasteiger partial charge in [-0.3, -0.25) is 14.2 Å². The Balaban J connectivity index is 1.98. The lowest BCUT2D eigenvalue weighted by molar-refractivity contribution is -0.118. The van der Waals surface area contributed by atoms with Crippen molar-refractivity contribution in [3.05, 3.63) is 64.7 Å². The molecule has 0 aliphatic heterocycles. The summed E-state index contributed by atoms with van der Waals surface area (Å²) >= 11 is 1.16. The van der Waals surface area contributed by atoms with E-state index in [9.17, 15) is 14.0 Å². The summed E-state index contributed by atoms with van der Waals surface area (Å²) in [6.45, 7) is 2.68. The first-order valence-corrected chi connectivity index (χ1v) is 9.76. The third-order valence-corrected chi connectivity index (χ3v) is 4.93. The molecule has 5 nitrogen and oxygen atoms in total. The molecule has 0 saturated carbocycles. The molecule has 3 rings (SSSR count). The molecule has 0 spiro atoms. The number of para-hydroxylation sites is 1. The fourth-order valence-electron chi connectivity index (χ4n) is 2.64. The normalized spacial score (nSPS) is 10.9. The Hall–Kier alpha value is -2.67. The number of carbonyl (C=O) groups is 1. The first-order valence-electron chi connectivity index (χ1n) is 8.77. The summed E-state index contributed by atoms with van der Waals surface area (Å²) in [7, 11) is 0. The smallest absolute Gasteiger partial charge is 0.266 e. The van der Waals surface area contributed by atoms with Gasteiger partial charge >= 0.3 is 0 Å². The first-order chi connectivity index (χ1) is 13.1. The van der Waals surface area contributed by atoms with E-state index < -0.39 is 5.82 Å². The highest BCUT2D eigenvalue weighted by atomic mass is 32.2. The zero-order chi connectivity index (χ0) is 19.2. The Labute approximate surface area is 160 Å². The van der Waals surface area contributed by atoms with Crippen LogP contribution in [0.2, 0.25) is 0 Å². The van der Waals surface area contributed by atoms with Crippen LogP contribution in [0.3, 0.4) is 0 Å². The summed E-state index contributed by atoms with van der Waals surface area (Å²) in [5, 5.41) is 3.64. The van der Waals surface area contributed by atoms with Crippen LogP contribution in [0.25, 0.3) is 16.6 Å². The third kappa shape index (κ3) is 4.54. The van der Waals surface area contributed by atoms with Crippen molar-refractivity contribution in [1.29, 1.82) is 0 Å². The summed E-state index contributed by atoms with van der Waals surface area (Å²) in [6.07, 6.45) is 1.91. The molecule has 27 heavy (non-hydrogen) atoms. The molecule has 0 aliphatic rings. The van der Waals surface area contributed by atoms with Crippen molar-refractivity contribution in [3.63, 3.8) is 0 Å². The summed E-state index contributed by atoms with van der Waals surface area (Å²) in [6, 6.07) is 12.8. The molecule has 0 fully saturated rings. The van der Waals surface area contributed by atoms with Gasteiger partial charge in [0.05, 0.1) is 22.3 Å². The number of aromatic nitrogens is 2. The van der Waals surface area contributed by atoms with Gasteiger partial charge in [-0.15, -0.1) is 0 Å². The molecule has 0 bridgehead atoms. The highest BCUT2D eigenvalue weighted by Crippen LogP contribution is 2.21. The number of rotatable bonds is 7.